The van der Waals surface area contributed by atoms with Gasteiger partial charge in [0.05, 0.1) is 0 Å². The number of benzene rings is 1. The molecule has 2 aromatic rings. The minimum absolute atomic E-state index is 0.131. The van der Waals surface area contributed by atoms with Crippen molar-refractivity contribution in [3.63, 3.8) is 0 Å². The molecule has 0 radical (unpaired) electrons. The smallest absolute Gasteiger partial charge is 0.253 e. The number of aromatic nitrogens is 2. The van der Waals surface area contributed by atoms with Gasteiger partial charge in [0.25, 0.3) is 5.91 Å². The van der Waals surface area contributed by atoms with Crippen LogP contribution in [-0.4, -0.2) is 47.5 Å². The Balaban J connectivity index is 1.70. The number of likely N-dealkylation sites (tertiary alicyclic amines) is 1. The fraction of sp³-hybridized carbons (Fsp3) is 0.524. The number of rotatable bonds is 6. The highest BCUT2D eigenvalue weighted by atomic mass is 16.2. The largest absolute Gasteiger partial charge is 0.378 e. The Bertz CT molecular complexity index is 720. The molecule has 1 saturated heterocycles. The van der Waals surface area contributed by atoms with Crippen molar-refractivity contribution in [3.8, 4) is 0 Å². The van der Waals surface area contributed by atoms with Gasteiger partial charge in [0.15, 0.2) is 0 Å². The van der Waals surface area contributed by atoms with Crippen LogP contribution in [0, 0.1) is 0 Å². The summed E-state index contributed by atoms with van der Waals surface area (Å²) in [6.07, 6.45) is 8.45. The molecular formula is C21H30N4O. The maximum atomic E-state index is 12.9. The number of aryl methyl sites for hydroxylation is 1. The summed E-state index contributed by atoms with van der Waals surface area (Å²) in [6, 6.07) is 7.88. The lowest BCUT2D eigenvalue weighted by molar-refractivity contribution is 0.0703. The van der Waals surface area contributed by atoms with Gasteiger partial charge in [-0.05, 0) is 43.5 Å². The first-order valence-electron chi connectivity index (χ1n) is 9.68. The number of piperidine rings is 1. The lowest BCUT2D eigenvalue weighted by Gasteiger charge is -2.33. The zero-order chi connectivity index (χ0) is 18.5. The minimum Gasteiger partial charge on any atom is -0.378 e. The zero-order valence-electron chi connectivity index (χ0n) is 16.2. The standard InChI is InChI=1S/C21H30N4O/c1-4-5-13-24-15-12-22-20(24)18-7-6-14-25(16-18)21(26)17-8-10-19(11-9-17)23(2)3/h8-12,15,18H,4-7,13-14,16H2,1-3H3. The molecule has 1 unspecified atom stereocenters. The molecular weight excluding hydrogens is 324 g/mol. The Hall–Kier alpha value is -2.30. The number of anilines is 1. The number of unbranched alkanes of at least 4 members (excludes halogenated alkanes) is 1. The highest BCUT2D eigenvalue weighted by Crippen LogP contribution is 2.27. The number of hydrogen-bond acceptors (Lipinski definition) is 3. The highest BCUT2D eigenvalue weighted by molar-refractivity contribution is 5.94. The molecule has 5 heteroatoms. The van der Waals surface area contributed by atoms with Gasteiger partial charge < -0.3 is 14.4 Å². The van der Waals surface area contributed by atoms with Gasteiger partial charge in [-0.3, -0.25) is 4.79 Å². The molecule has 0 bridgehead atoms. The van der Waals surface area contributed by atoms with Gasteiger partial charge in [0.1, 0.15) is 5.82 Å². The molecule has 1 aliphatic rings. The summed E-state index contributed by atoms with van der Waals surface area (Å²) >= 11 is 0. The summed E-state index contributed by atoms with van der Waals surface area (Å²) in [4.78, 5) is 21.6. The summed E-state index contributed by atoms with van der Waals surface area (Å²) in [7, 11) is 4.01. The van der Waals surface area contributed by atoms with E-state index >= 15 is 0 Å². The van der Waals surface area contributed by atoms with Crippen molar-refractivity contribution in [3.05, 3.63) is 48.0 Å². The van der Waals surface area contributed by atoms with Crippen LogP contribution in [0.2, 0.25) is 0 Å². The lowest BCUT2D eigenvalue weighted by atomic mass is 9.96. The van der Waals surface area contributed by atoms with Crippen LogP contribution in [0.1, 0.15) is 54.7 Å². The average Bonchev–Trinajstić information content (AvgIpc) is 3.14. The molecule has 0 spiro atoms. The molecule has 140 valence electrons. The van der Waals surface area contributed by atoms with Gasteiger partial charge in [0, 0.05) is 63.3 Å². The topological polar surface area (TPSA) is 41.4 Å². The molecule has 1 fully saturated rings. The molecule has 0 saturated carbocycles. The predicted molar refractivity (Wildman–Crippen MR) is 106 cm³/mol. The van der Waals surface area contributed by atoms with E-state index < -0.39 is 0 Å². The molecule has 1 amide bonds. The normalized spacial score (nSPS) is 17.3. The number of imidazole rings is 1. The van der Waals surface area contributed by atoms with E-state index in [9.17, 15) is 4.79 Å². The molecule has 3 rings (SSSR count). The van der Waals surface area contributed by atoms with Crippen molar-refractivity contribution in [2.75, 3.05) is 32.1 Å². The van der Waals surface area contributed by atoms with E-state index in [0.717, 1.165) is 56.0 Å². The first-order chi connectivity index (χ1) is 12.6. The van der Waals surface area contributed by atoms with Crippen LogP contribution in [0.15, 0.2) is 36.7 Å². The Morgan fingerprint density at radius 2 is 2.04 bits per heavy atom. The molecule has 26 heavy (non-hydrogen) atoms. The highest BCUT2D eigenvalue weighted by Gasteiger charge is 2.27. The summed E-state index contributed by atoms with van der Waals surface area (Å²) in [5.74, 6) is 1.60. The second-order valence-electron chi connectivity index (χ2n) is 7.36. The van der Waals surface area contributed by atoms with E-state index in [1.54, 1.807) is 0 Å². The Morgan fingerprint density at radius 3 is 2.73 bits per heavy atom. The van der Waals surface area contributed by atoms with E-state index in [2.05, 4.69) is 22.7 Å². The predicted octanol–water partition coefficient (Wildman–Crippen LogP) is 3.77. The molecule has 1 aromatic heterocycles. The summed E-state index contributed by atoms with van der Waals surface area (Å²) in [6.45, 7) is 4.82. The number of hydrogen-bond donors (Lipinski definition) is 0. The quantitative estimate of drug-likeness (QED) is 0.793. The van der Waals surface area contributed by atoms with E-state index in [1.807, 2.05) is 54.4 Å². The second kappa shape index (κ2) is 8.39. The average molecular weight is 354 g/mol. The van der Waals surface area contributed by atoms with Crippen LogP contribution in [0.5, 0.6) is 0 Å². The van der Waals surface area contributed by atoms with Crippen molar-refractivity contribution in [2.45, 2.75) is 45.1 Å². The monoisotopic (exact) mass is 354 g/mol. The summed E-state index contributed by atoms with van der Waals surface area (Å²) < 4.78 is 2.27. The van der Waals surface area contributed by atoms with Crippen molar-refractivity contribution in [1.29, 1.82) is 0 Å². The lowest BCUT2D eigenvalue weighted by Crippen LogP contribution is -2.39. The fourth-order valence-corrected chi connectivity index (χ4v) is 3.66. The Kier molecular flexibility index (Phi) is 5.96. The first kappa shape index (κ1) is 18.5. The fourth-order valence-electron chi connectivity index (χ4n) is 3.66. The van der Waals surface area contributed by atoms with Crippen molar-refractivity contribution >= 4 is 11.6 Å². The third kappa shape index (κ3) is 4.09. The van der Waals surface area contributed by atoms with Crippen LogP contribution in [0.4, 0.5) is 5.69 Å². The maximum absolute atomic E-state index is 12.9. The molecule has 1 aromatic carbocycles. The van der Waals surface area contributed by atoms with Crippen molar-refractivity contribution in [1.82, 2.24) is 14.5 Å². The van der Waals surface area contributed by atoms with E-state index in [1.165, 1.54) is 6.42 Å². The van der Waals surface area contributed by atoms with Crippen molar-refractivity contribution < 1.29 is 4.79 Å². The van der Waals surface area contributed by atoms with Crippen LogP contribution >= 0.6 is 0 Å². The van der Waals surface area contributed by atoms with E-state index in [4.69, 9.17) is 0 Å². The molecule has 2 heterocycles. The Labute approximate surface area is 156 Å². The minimum atomic E-state index is 0.131. The molecule has 1 atom stereocenters. The van der Waals surface area contributed by atoms with Gasteiger partial charge in [-0.15, -0.1) is 0 Å². The molecule has 1 aliphatic heterocycles. The number of nitrogens with zero attached hydrogens (tertiary/aromatic N) is 4. The van der Waals surface area contributed by atoms with E-state index in [-0.39, 0.29) is 5.91 Å². The van der Waals surface area contributed by atoms with Crippen LogP contribution in [-0.2, 0) is 6.54 Å². The van der Waals surface area contributed by atoms with Gasteiger partial charge in [0.2, 0.25) is 0 Å². The van der Waals surface area contributed by atoms with Gasteiger partial charge >= 0.3 is 0 Å². The maximum Gasteiger partial charge on any atom is 0.253 e. The molecule has 5 nitrogen and oxygen atoms in total. The number of carbonyl (C=O) groups excluding carboxylic acids is 1. The molecule has 0 aliphatic carbocycles. The van der Waals surface area contributed by atoms with Crippen molar-refractivity contribution in [2.24, 2.45) is 0 Å². The van der Waals surface area contributed by atoms with Crippen LogP contribution in [0.25, 0.3) is 0 Å². The Morgan fingerprint density at radius 1 is 1.27 bits per heavy atom. The zero-order valence-corrected chi connectivity index (χ0v) is 16.2. The first-order valence-corrected chi connectivity index (χ1v) is 9.68. The molecule has 0 N–H and O–H groups in total. The second-order valence-corrected chi connectivity index (χ2v) is 7.36. The van der Waals surface area contributed by atoms with Gasteiger partial charge in [-0.2, -0.15) is 0 Å². The van der Waals surface area contributed by atoms with Crippen LogP contribution < -0.4 is 4.90 Å². The van der Waals surface area contributed by atoms with E-state index in [0.29, 0.717) is 5.92 Å². The number of carbonyl (C=O) groups is 1. The number of amides is 1. The van der Waals surface area contributed by atoms with Crippen LogP contribution in [0.3, 0.4) is 0 Å². The SMILES string of the molecule is CCCCn1ccnc1C1CCCN(C(=O)c2ccc(N(C)C)cc2)C1. The summed E-state index contributed by atoms with van der Waals surface area (Å²) in [5, 5.41) is 0. The van der Waals surface area contributed by atoms with Gasteiger partial charge in [-0.25, -0.2) is 4.98 Å². The van der Waals surface area contributed by atoms with Gasteiger partial charge in [-0.1, -0.05) is 13.3 Å². The third-order valence-corrected chi connectivity index (χ3v) is 5.20. The third-order valence-electron chi connectivity index (χ3n) is 5.20. The summed E-state index contributed by atoms with van der Waals surface area (Å²) in [5.41, 5.74) is 1.88.